The SMILES string of the molecule is COc1cccc(C=C(C(=O)O)c2cccnc2)c1OC. The molecule has 1 heterocycles. The third-order valence-electron chi connectivity index (χ3n) is 2.94. The van der Waals surface area contributed by atoms with Gasteiger partial charge in [-0.05, 0) is 18.2 Å². The highest BCUT2D eigenvalue weighted by Crippen LogP contribution is 2.33. The molecule has 0 radical (unpaired) electrons. The molecule has 0 atom stereocenters. The summed E-state index contributed by atoms with van der Waals surface area (Å²) >= 11 is 0. The number of rotatable bonds is 5. The van der Waals surface area contributed by atoms with Crippen molar-refractivity contribution >= 4 is 17.6 Å². The average molecular weight is 285 g/mol. The van der Waals surface area contributed by atoms with Gasteiger partial charge in [0.05, 0.1) is 19.8 Å². The van der Waals surface area contributed by atoms with E-state index in [1.54, 1.807) is 42.6 Å². The minimum absolute atomic E-state index is 0.134. The maximum Gasteiger partial charge on any atom is 0.336 e. The molecule has 0 aliphatic heterocycles. The summed E-state index contributed by atoms with van der Waals surface area (Å²) in [7, 11) is 3.05. The van der Waals surface area contributed by atoms with Crippen molar-refractivity contribution in [1.29, 1.82) is 0 Å². The van der Waals surface area contributed by atoms with Gasteiger partial charge in [-0.1, -0.05) is 18.2 Å². The molecule has 0 aliphatic rings. The topological polar surface area (TPSA) is 68.7 Å². The fourth-order valence-corrected chi connectivity index (χ4v) is 1.97. The number of carboxylic acids is 1. The molecule has 0 saturated heterocycles. The van der Waals surface area contributed by atoms with Crippen LogP contribution in [0.25, 0.3) is 11.6 Å². The maximum absolute atomic E-state index is 11.5. The average Bonchev–Trinajstić information content (AvgIpc) is 2.52. The highest BCUT2D eigenvalue weighted by atomic mass is 16.5. The molecule has 5 nitrogen and oxygen atoms in total. The second kappa shape index (κ2) is 6.56. The van der Waals surface area contributed by atoms with Crippen molar-refractivity contribution in [2.45, 2.75) is 0 Å². The first kappa shape index (κ1) is 14.6. The molecule has 2 aromatic rings. The van der Waals surface area contributed by atoms with E-state index >= 15 is 0 Å². The van der Waals surface area contributed by atoms with Gasteiger partial charge in [-0.25, -0.2) is 4.79 Å². The van der Waals surface area contributed by atoms with E-state index in [1.807, 2.05) is 0 Å². The fourth-order valence-electron chi connectivity index (χ4n) is 1.97. The summed E-state index contributed by atoms with van der Waals surface area (Å²) < 4.78 is 10.5. The van der Waals surface area contributed by atoms with Crippen LogP contribution in [0.15, 0.2) is 42.7 Å². The summed E-state index contributed by atoms with van der Waals surface area (Å²) in [5.74, 6) is -0.00214. The van der Waals surface area contributed by atoms with Crippen molar-refractivity contribution in [2.75, 3.05) is 14.2 Å². The van der Waals surface area contributed by atoms with Gasteiger partial charge >= 0.3 is 5.97 Å². The van der Waals surface area contributed by atoms with Crippen molar-refractivity contribution in [2.24, 2.45) is 0 Å². The molecule has 1 aromatic heterocycles. The van der Waals surface area contributed by atoms with Gasteiger partial charge in [0.25, 0.3) is 0 Å². The number of ether oxygens (including phenoxy) is 2. The summed E-state index contributed by atoms with van der Waals surface area (Å²) in [6.07, 6.45) is 4.64. The number of methoxy groups -OCH3 is 2. The predicted molar refractivity (Wildman–Crippen MR) is 79.3 cm³/mol. The number of hydrogen-bond acceptors (Lipinski definition) is 4. The Balaban J connectivity index is 2.57. The van der Waals surface area contributed by atoms with E-state index in [1.165, 1.54) is 20.4 Å². The number of aliphatic carboxylic acids is 1. The van der Waals surface area contributed by atoms with E-state index in [2.05, 4.69) is 4.98 Å². The molecule has 0 spiro atoms. The first-order valence-corrected chi connectivity index (χ1v) is 6.23. The largest absolute Gasteiger partial charge is 0.493 e. The van der Waals surface area contributed by atoms with Crippen LogP contribution in [0.4, 0.5) is 0 Å². The molecule has 0 aliphatic carbocycles. The Morgan fingerprint density at radius 3 is 2.57 bits per heavy atom. The van der Waals surface area contributed by atoms with Crippen LogP contribution in [-0.4, -0.2) is 30.3 Å². The van der Waals surface area contributed by atoms with Gasteiger partial charge in [0, 0.05) is 23.5 Å². The van der Waals surface area contributed by atoms with E-state index in [-0.39, 0.29) is 5.57 Å². The molecule has 1 N–H and O–H groups in total. The minimum Gasteiger partial charge on any atom is -0.493 e. The Kier molecular flexibility index (Phi) is 4.56. The molecular formula is C16H15NO4. The number of para-hydroxylation sites is 1. The molecule has 0 bridgehead atoms. The standard InChI is InChI=1S/C16H15NO4/c1-20-14-7-3-5-11(15(14)21-2)9-13(16(18)19)12-6-4-8-17-10-12/h3-10H,1-2H3,(H,18,19). The zero-order valence-electron chi connectivity index (χ0n) is 11.7. The van der Waals surface area contributed by atoms with Gasteiger partial charge < -0.3 is 14.6 Å². The lowest BCUT2D eigenvalue weighted by molar-refractivity contribution is -0.130. The van der Waals surface area contributed by atoms with Crippen LogP contribution in [0.3, 0.4) is 0 Å². The molecule has 0 saturated carbocycles. The van der Waals surface area contributed by atoms with Crippen LogP contribution >= 0.6 is 0 Å². The molecule has 2 rings (SSSR count). The van der Waals surface area contributed by atoms with Gasteiger partial charge in [-0.3, -0.25) is 4.98 Å². The summed E-state index contributed by atoms with van der Waals surface area (Å²) in [6, 6.07) is 8.67. The molecule has 1 aromatic carbocycles. The Morgan fingerprint density at radius 1 is 1.19 bits per heavy atom. The molecule has 0 unspecified atom stereocenters. The second-order valence-corrected chi connectivity index (χ2v) is 4.19. The van der Waals surface area contributed by atoms with Crippen LogP contribution in [0.2, 0.25) is 0 Å². The van der Waals surface area contributed by atoms with Crippen molar-refractivity contribution in [3.8, 4) is 11.5 Å². The first-order valence-electron chi connectivity index (χ1n) is 6.23. The van der Waals surface area contributed by atoms with E-state index in [0.29, 0.717) is 22.6 Å². The van der Waals surface area contributed by atoms with Gasteiger partial charge in [0.1, 0.15) is 0 Å². The van der Waals surface area contributed by atoms with Crippen LogP contribution in [0.1, 0.15) is 11.1 Å². The lowest BCUT2D eigenvalue weighted by Gasteiger charge is -2.11. The zero-order valence-corrected chi connectivity index (χ0v) is 11.7. The maximum atomic E-state index is 11.5. The lowest BCUT2D eigenvalue weighted by atomic mass is 10.0. The number of aromatic nitrogens is 1. The minimum atomic E-state index is -1.03. The molecule has 0 amide bonds. The van der Waals surface area contributed by atoms with Crippen LogP contribution in [0.5, 0.6) is 11.5 Å². The number of benzene rings is 1. The van der Waals surface area contributed by atoms with Gasteiger partial charge in [-0.15, -0.1) is 0 Å². The normalized spacial score (nSPS) is 11.0. The smallest absolute Gasteiger partial charge is 0.336 e. The Bertz CT molecular complexity index is 665. The number of hydrogen-bond donors (Lipinski definition) is 1. The fraction of sp³-hybridized carbons (Fsp3) is 0.125. The van der Waals surface area contributed by atoms with E-state index in [0.717, 1.165) is 0 Å². The third-order valence-corrected chi connectivity index (χ3v) is 2.94. The van der Waals surface area contributed by atoms with Crippen molar-refractivity contribution in [1.82, 2.24) is 4.98 Å². The first-order chi connectivity index (χ1) is 10.2. The summed E-state index contributed by atoms with van der Waals surface area (Å²) in [5.41, 5.74) is 1.28. The zero-order chi connectivity index (χ0) is 15.2. The van der Waals surface area contributed by atoms with Crippen molar-refractivity contribution in [3.63, 3.8) is 0 Å². The van der Waals surface area contributed by atoms with Crippen LogP contribution in [0, 0.1) is 0 Å². The van der Waals surface area contributed by atoms with Crippen molar-refractivity contribution < 1.29 is 19.4 Å². The molecule has 0 fully saturated rings. The Labute approximate surface area is 122 Å². The van der Waals surface area contributed by atoms with Crippen LogP contribution in [-0.2, 0) is 4.79 Å². The van der Waals surface area contributed by atoms with E-state index in [9.17, 15) is 9.90 Å². The molecule has 108 valence electrons. The Morgan fingerprint density at radius 2 is 2.00 bits per heavy atom. The monoisotopic (exact) mass is 285 g/mol. The highest BCUT2D eigenvalue weighted by Gasteiger charge is 2.14. The summed E-state index contributed by atoms with van der Waals surface area (Å²) in [5, 5.41) is 9.41. The van der Waals surface area contributed by atoms with E-state index < -0.39 is 5.97 Å². The number of carboxylic acid groups (broad SMARTS) is 1. The van der Waals surface area contributed by atoms with E-state index in [4.69, 9.17) is 9.47 Å². The van der Waals surface area contributed by atoms with Gasteiger partial charge in [0.15, 0.2) is 11.5 Å². The number of pyridine rings is 1. The highest BCUT2D eigenvalue weighted by molar-refractivity contribution is 6.20. The number of carbonyl (C=O) groups is 1. The second-order valence-electron chi connectivity index (χ2n) is 4.19. The van der Waals surface area contributed by atoms with Crippen molar-refractivity contribution in [3.05, 3.63) is 53.9 Å². The molecule has 21 heavy (non-hydrogen) atoms. The lowest BCUT2D eigenvalue weighted by Crippen LogP contribution is -2.01. The Hall–Kier alpha value is -2.82. The van der Waals surface area contributed by atoms with Crippen LogP contribution < -0.4 is 9.47 Å². The summed E-state index contributed by atoms with van der Waals surface area (Å²) in [4.78, 5) is 15.4. The molecule has 5 heteroatoms. The predicted octanol–water partition coefficient (Wildman–Crippen LogP) is 2.72. The summed E-state index contributed by atoms with van der Waals surface area (Å²) in [6.45, 7) is 0. The number of nitrogens with zero attached hydrogens (tertiary/aromatic N) is 1. The van der Waals surface area contributed by atoms with Gasteiger partial charge in [-0.2, -0.15) is 0 Å². The van der Waals surface area contributed by atoms with Gasteiger partial charge in [0.2, 0.25) is 0 Å². The third kappa shape index (κ3) is 3.20. The quantitative estimate of drug-likeness (QED) is 0.855. The molecular weight excluding hydrogens is 270 g/mol.